The van der Waals surface area contributed by atoms with Crippen molar-refractivity contribution in [3.63, 3.8) is 0 Å². The number of aliphatic hydroxyl groups is 1. The molecule has 0 bridgehead atoms. The van der Waals surface area contributed by atoms with Gasteiger partial charge in [-0.2, -0.15) is 0 Å². The van der Waals surface area contributed by atoms with Gasteiger partial charge in [0.2, 0.25) is 0 Å². The number of likely N-dealkylation sites (tertiary alicyclic amines) is 1. The number of nitrogens with zero attached hydrogens (tertiary/aromatic N) is 1. The number of ether oxygens (including phenoxy) is 3. The van der Waals surface area contributed by atoms with Crippen LogP contribution in [0.4, 0.5) is 0 Å². The minimum Gasteiger partial charge on any atom is -0.507 e. The summed E-state index contributed by atoms with van der Waals surface area (Å²) < 4.78 is 16.8. The average Bonchev–Trinajstić information content (AvgIpc) is 3.41. The first-order valence-electron chi connectivity index (χ1n) is 10.3. The van der Waals surface area contributed by atoms with Crippen molar-refractivity contribution in [3.8, 4) is 11.5 Å². The first kappa shape index (κ1) is 22.4. The summed E-state index contributed by atoms with van der Waals surface area (Å²) in [6.07, 6.45) is 1.61. The molecule has 2 saturated heterocycles. The van der Waals surface area contributed by atoms with Crippen LogP contribution in [0.25, 0.3) is 5.76 Å². The highest BCUT2D eigenvalue weighted by Gasteiger charge is 2.47. The van der Waals surface area contributed by atoms with Crippen molar-refractivity contribution >= 4 is 33.4 Å². The number of Topliss-reactive ketones (excluding diaryl/α,β-unsaturated/α-hetero) is 1. The zero-order chi connectivity index (χ0) is 22.8. The molecule has 1 amide bonds. The highest BCUT2D eigenvalue weighted by molar-refractivity contribution is 9.10. The van der Waals surface area contributed by atoms with E-state index in [9.17, 15) is 14.7 Å². The fourth-order valence-corrected chi connectivity index (χ4v) is 4.72. The van der Waals surface area contributed by atoms with Crippen molar-refractivity contribution in [2.75, 3.05) is 27.4 Å². The number of methoxy groups -OCH3 is 2. The van der Waals surface area contributed by atoms with Crippen molar-refractivity contribution in [2.45, 2.75) is 25.0 Å². The van der Waals surface area contributed by atoms with Crippen molar-refractivity contribution in [2.24, 2.45) is 0 Å². The molecule has 2 atom stereocenters. The highest BCUT2D eigenvalue weighted by Crippen LogP contribution is 2.41. The van der Waals surface area contributed by atoms with E-state index in [2.05, 4.69) is 15.9 Å². The summed E-state index contributed by atoms with van der Waals surface area (Å²) in [5.74, 6) is -0.345. The maximum atomic E-state index is 13.1. The number of carbonyl (C=O) groups is 2. The Morgan fingerprint density at radius 1 is 1.16 bits per heavy atom. The van der Waals surface area contributed by atoms with Crippen LogP contribution in [0.15, 0.2) is 52.5 Å². The van der Waals surface area contributed by atoms with E-state index >= 15 is 0 Å². The van der Waals surface area contributed by atoms with Crippen LogP contribution >= 0.6 is 15.9 Å². The third-order valence-corrected chi connectivity index (χ3v) is 6.44. The lowest BCUT2D eigenvalue weighted by atomic mass is 9.95. The number of carbonyl (C=O) groups excluding carboxylic acids is 2. The van der Waals surface area contributed by atoms with E-state index in [1.165, 1.54) is 4.90 Å². The Morgan fingerprint density at radius 2 is 1.91 bits per heavy atom. The van der Waals surface area contributed by atoms with Gasteiger partial charge in [-0.25, -0.2) is 0 Å². The Labute approximate surface area is 194 Å². The van der Waals surface area contributed by atoms with Crippen LogP contribution in [-0.2, 0) is 14.3 Å². The molecule has 0 aliphatic carbocycles. The Kier molecular flexibility index (Phi) is 6.53. The summed E-state index contributed by atoms with van der Waals surface area (Å²) in [7, 11) is 3.11. The van der Waals surface area contributed by atoms with Crippen molar-refractivity contribution in [1.29, 1.82) is 0 Å². The Bertz CT molecular complexity index is 1060. The number of benzene rings is 2. The zero-order valence-corrected chi connectivity index (χ0v) is 19.4. The lowest BCUT2D eigenvalue weighted by Gasteiger charge is -2.27. The molecule has 0 aromatic heterocycles. The fourth-order valence-electron chi connectivity index (χ4n) is 4.18. The minimum atomic E-state index is -0.731. The Hall–Kier alpha value is -2.84. The standard InChI is InChI=1S/C24H24BrNO6/c1-30-16-8-5-14(6-9-16)21-20(22(27)15-7-10-19(31-2)18(25)12-15)23(28)24(29)26(21)13-17-4-3-11-32-17/h5-10,12,17,21,27H,3-4,11,13H2,1-2H3/b22-20-. The van der Waals surface area contributed by atoms with E-state index in [-0.39, 0.29) is 24.0 Å². The SMILES string of the molecule is COc1ccc(C2/C(=C(/O)c3ccc(OC)c(Br)c3)C(=O)C(=O)N2CC2CCCO2)cc1. The number of hydrogen-bond donors (Lipinski definition) is 1. The van der Waals surface area contributed by atoms with Crippen molar-refractivity contribution < 1.29 is 28.9 Å². The van der Waals surface area contributed by atoms with E-state index in [4.69, 9.17) is 14.2 Å². The molecule has 2 unspecified atom stereocenters. The van der Waals surface area contributed by atoms with Crippen LogP contribution in [-0.4, -0.2) is 55.2 Å². The van der Waals surface area contributed by atoms with Gasteiger partial charge < -0.3 is 24.2 Å². The quantitative estimate of drug-likeness (QED) is 0.364. The average molecular weight is 502 g/mol. The highest BCUT2D eigenvalue weighted by atomic mass is 79.9. The van der Waals surface area contributed by atoms with E-state index in [1.807, 2.05) is 0 Å². The summed E-state index contributed by atoms with van der Waals surface area (Å²) in [6.45, 7) is 0.923. The van der Waals surface area contributed by atoms with Gasteiger partial charge in [0.1, 0.15) is 17.3 Å². The monoisotopic (exact) mass is 501 g/mol. The second-order valence-corrected chi connectivity index (χ2v) is 8.56. The third kappa shape index (κ3) is 4.12. The summed E-state index contributed by atoms with van der Waals surface area (Å²) in [5.41, 5.74) is 1.17. The normalized spacial score (nSPS) is 22.4. The smallest absolute Gasteiger partial charge is 0.295 e. The van der Waals surface area contributed by atoms with Gasteiger partial charge in [-0.15, -0.1) is 0 Å². The van der Waals surface area contributed by atoms with E-state index in [1.54, 1.807) is 56.7 Å². The number of aliphatic hydroxyl groups excluding tert-OH is 1. The second kappa shape index (κ2) is 9.34. The topological polar surface area (TPSA) is 85.3 Å². The number of ketones is 1. The van der Waals surface area contributed by atoms with Gasteiger partial charge in [-0.05, 0) is 64.7 Å². The van der Waals surface area contributed by atoms with Gasteiger partial charge in [-0.3, -0.25) is 9.59 Å². The Balaban J connectivity index is 1.81. The molecular weight excluding hydrogens is 478 g/mol. The molecule has 2 aliphatic rings. The minimum absolute atomic E-state index is 0.0511. The summed E-state index contributed by atoms with van der Waals surface area (Å²) in [5, 5.41) is 11.2. The van der Waals surface area contributed by atoms with Gasteiger partial charge in [0.15, 0.2) is 0 Å². The molecule has 2 heterocycles. The molecule has 168 valence electrons. The van der Waals surface area contributed by atoms with Crippen LogP contribution in [0.3, 0.4) is 0 Å². The van der Waals surface area contributed by atoms with Crippen LogP contribution in [0.2, 0.25) is 0 Å². The lowest BCUT2D eigenvalue weighted by molar-refractivity contribution is -0.140. The summed E-state index contributed by atoms with van der Waals surface area (Å²) in [6, 6.07) is 11.4. The molecule has 8 heteroatoms. The van der Waals surface area contributed by atoms with Crippen LogP contribution in [0.5, 0.6) is 11.5 Å². The molecule has 1 N–H and O–H groups in total. The lowest BCUT2D eigenvalue weighted by Crippen LogP contribution is -2.36. The number of hydrogen-bond acceptors (Lipinski definition) is 6. The second-order valence-electron chi connectivity index (χ2n) is 7.71. The summed E-state index contributed by atoms with van der Waals surface area (Å²) >= 11 is 3.41. The van der Waals surface area contributed by atoms with Gasteiger partial charge in [0.05, 0.1) is 36.4 Å². The molecule has 0 radical (unpaired) electrons. The largest absolute Gasteiger partial charge is 0.507 e. The number of amides is 1. The predicted molar refractivity (Wildman–Crippen MR) is 122 cm³/mol. The van der Waals surface area contributed by atoms with Gasteiger partial charge in [-0.1, -0.05) is 12.1 Å². The van der Waals surface area contributed by atoms with E-state index < -0.39 is 17.7 Å². The van der Waals surface area contributed by atoms with Crippen LogP contribution in [0, 0.1) is 0 Å². The molecular formula is C24H24BrNO6. The first-order valence-corrected chi connectivity index (χ1v) is 11.1. The summed E-state index contributed by atoms with van der Waals surface area (Å²) in [4.78, 5) is 27.6. The predicted octanol–water partition coefficient (Wildman–Crippen LogP) is 4.07. The van der Waals surface area contributed by atoms with Gasteiger partial charge >= 0.3 is 0 Å². The van der Waals surface area contributed by atoms with Crippen LogP contribution < -0.4 is 9.47 Å². The number of halogens is 1. The molecule has 32 heavy (non-hydrogen) atoms. The third-order valence-electron chi connectivity index (χ3n) is 5.82. The molecule has 0 saturated carbocycles. The fraction of sp³-hybridized carbons (Fsp3) is 0.333. The van der Waals surface area contributed by atoms with Crippen molar-refractivity contribution in [3.05, 3.63) is 63.6 Å². The molecule has 2 fully saturated rings. The Morgan fingerprint density at radius 3 is 2.50 bits per heavy atom. The zero-order valence-electron chi connectivity index (χ0n) is 17.8. The molecule has 2 aromatic rings. The molecule has 0 spiro atoms. The molecule has 4 rings (SSSR count). The van der Waals surface area contributed by atoms with E-state index in [0.717, 1.165) is 12.8 Å². The maximum Gasteiger partial charge on any atom is 0.295 e. The molecule has 7 nitrogen and oxygen atoms in total. The van der Waals surface area contributed by atoms with Gasteiger partial charge in [0.25, 0.3) is 11.7 Å². The van der Waals surface area contributed by atoms with Crippen molar-refractivity contribution in [1.82, 2.24) is 4.90 Å². The molecule has 2 aliphatic heterocycles. The number of rotatable bonds is 6. The van der Waals surface area contributed by atoms with E-state index in [0.29, 0.717) is 33.7 Å². The molecule has 2 aromatic carbocycles. The maximum absolute atomic E-state index is 13.1. The van der Waals surface area contributed by atoms with Gasteiger partial charge in [0, 0.05) is 18.7 Å². The first-order chi connectivity index (χ1) is 15.4. The van der Waals surface area contributed by atoms with Crippen LogP contribution in [0.1, 0.15) is 30.0 Å².